The van der Waals surface area contributed by atoms with Crippen LogP contribution in [-0.4, -0.2) is 28.9 Å². The zero-order chi connectivity index (χ0) is 18.6. The Labute approximate surface area is 144 Å². The molecule has 0 aliphatic carbocycles. The molecular formula is C17H20N2O6. The summed E-state index contributed by atoms with van der Waals surface area (Å²) >= 11 is 0. The van der Waals surface area contributed by atoms with Gasteiger partial charge in [0.05, 0.1) is 12.8 Å². The summed E-state index contributed by atoms with van der Waals surface area (Å²) in [5.41, 5.74) is 0.0516. The van der Waals surface area contributed by atoms with E-state index in [9.17, 15) is 14.4 Å². The quantitative estimate of drug-likeness (QED) is 0.703. The van der Waals surface area contributed by atoms with E-state index in [1.807, 2.05) is 0 Å². The Bertz CT molecular complexity index is 760. The van der Waals surface area contributed by atoms with Gasteiger partial charge in [0.1, 0.15) is 23.1 Å². The highest BCUT2D eigenvalue weighted by atomic mass is 16.4. The molecule has 2 aromatic heterocycles. The third-order valence-corrected chi connectivity index (χ3v) is 3.62. The molecule has 0 saturated heterocycles. The van der Waals surface area contributed by atoms with Crippen LogP contribution in [0.3, 0.4) is 0 Å². The second-order valence-electron chi connectivity index (χ2n) is 5.88. The molecule has 25 heavy (non-hydrogen) atoms. The van der Waals surface area contributed by atoms with Crippen LogP contribution < -0.4 is 10.6 Å². The average Bonchev–Trinajstić information content (AvgIpc) is 3.19. The van der Waals surface area contributed by atoms with Crippen LogP contribution in [0, 0.1) is 12.8 Å². The van der Waals surface area contributed by atoms with Gasteiger partial charge >= 0.3 is 5.97 Å². The van der Waals surface area contributed by atoms with Crippen molar-refractivity contribution < 1.29 is 28.3 Å². The van der Waals surface area contributed by atoms with Crippen molar-refractivity contribution >= 4 is 17.8 Å². The number of hydrogen-bond acceptors (Lipinski definition) is 5. The third kappa shape index (κ3) is 4.50. The number of hydrogen-bond donors (Lipinski definition) is 3. The van der Waals surface area contributed by atoms with E-state index in [4.69, 9.17) is 13.9 Å². The number of aromatic carboxylic acids is 1. The van der Waals surface area contributed by atoms with Gasteiger partial charge in [-0.3, -0.25) is 9.59 Å². The topological polar surface area (TPSA) is 122 Å². The maximum Gasteiger partial charge on any atom is 0.339 e. The van der Waals surface area contributed by atoms with Gasteiger partial charge in [-0.15, -0.1) is 0 Å². The average molecular weight is 348 g/mol. The molecule has 3 N–H and O–H groups in total. The van der Waals surface area contributed by atoms with Crippen molar-refractivity contribution in [2.24, 2.45) is 5.92 Å². The number of aryl methyl sites for hydroxylation is 1. The molecular weight excluding hydrogens is 328 g/mol. The molecule has 0 bridgehead atoms. The second kappa shape index (κ2) is 7.69. The van der Waals surface area contributed by atoms with Gasteiger partial charge in [-0.2, -0.15) is 0 Å². The molecule has 1 unspecified atom stereocenters. The highest BCUT2D eigenvalue weighted by Gasteiger charge is 2.25. The van der Waals surface area contributed by atoms with Crippen LogP contribution in [0.2, 0.25) is 0 Å². The molecule has 8 nitrogen and oxygen atoms in total. The first-order chi connectivity index (χ1) is 11.8. The Balaban J connectivity index is 1.99. The fraction of sp³-hybridized carbons (Fsp3) is 0.353. The normalized spacial score (nSPS) is 12.0. The number of carbonyl (C=O) groups excluding carboxylic acids is 2. The van der Waals surface area contributed by atoms with Crippen LogP contribution in [0.15, 0.2) is 33.3 Å². The Morgan fingerprint density at radius 1 is 1.28 bits per heavy atom. The van der Waals surface area contributed by atoms with Gasteiger partial charge in [0, 0.05) is 0 Å². The van der Waals surface area contributed by atoms with Gasteiger partial charge < -0.3 is 24.6 Å². The Morgan fingerprint density at radius 2 is 2.00 bits per heavy atom. The highest BCUT2D eigenvalue weighted by molar-refractivity contribution is 5.95. The summed E-state index contributed by atoms with van der Waals surface area (Å²) in [6.45, 7) is 5.15. The van der Waals surface area contributed by atoms with E-state index in [1.54, 1.807) is 19.9 Å². The van der Waals surface area contributed by atoms with Crippen LogP contribution in [0.1, 0.15) is 46.3 Å². The number of carbonyl (C=O) groups is 3. The zero-order valence-corrected chi connectivity index (χ0v) is 14.2. The number of amides is 2. The monoisotopic (exact) mass is 348 g/mol. The fourth-order valence-electron chi connectivity index (χ4n) is 2.28. The van der Waals surface area contributed by atoms with E-state index in [0.717, 1.165) is 0 Å². The van der Waals surface area contributed by atoms with E-state index >= 15 is 0 Å². The van der Waals surface area contributed by atoms with Gasteiger partial charge in [-0.05, 0) is 31.0 Å². The molecule has 2 rings (SSSR count). The molecule has 0 aliphatic rings. The lowest BCUT2D eigenvalue weighted by Gasteiger charge is -2.20. The summed E-state index contributed by atoms with van der Waals surface area (Å²) in [7, 11) is 0. The minimum Gasteiger partial charge on any atom is -0.478 e. The van der Waals surface area contributed by atoms with Gasteiger partial charge in [0.25, 0.3) is 5.91 Å². The smallest absolute Gasteiger partial charge is 0.339 e. The van der Waals surface area contributed by atoms with Crippen molar-refractivity contribution in [3.05, 3.63) is 47.3 Å². The molecule has 2 aromatic rings. The van der Waals surface area contributed by atoms with E-state index in [0.29, 0.717) is 5.76 Å². The Morgan fingerprint density at radius 3 is 2.52 bits per heavy atom. The van der Waals surface area contributed by atoms with Crippen LogP contribution in [0.4, 0.5) is 0 Å². The van der Waals surface area contributed by atoms with E-state index in [-0.39, 0.29) is 29.5 Å². The van der Waals surface area contributed by atoms with Crippen molar-refractivity contribution in [3.8, 4) is 0 Å². The first-order valence-electron chi connectivity index (χ1n) is 7.74. The summed E-state index contributed by atoms with van der Waals surface area (Å²) in [6, 6.07) is 3.68. The molecule has 0 aliphatic heterocycles. The van der Waals surface area contributed by atoms with Gasteiger partial charge in [-0.1, -0.05) is 13.8 Å². The second-order valence-corrected chi connectivity index (χ2v) is 5.88. The molecule has 8 heteroatoms. The summed E-state index contributed by atoms with van der Waals surface area (Å²) in [4.78, 5) is 35.4. The number of carboxylic acids is 1. The van der Waals surface area contributed by atoms with E-state index < -0.39 is 23.8 Å². The molecule has 0 spiro atoms. The van der Waals surface area contributed by atoms with Crippen LogP contribution in [-0.2, 0) is 11.3 Å². The molecule has 0 saturated carbocycles. The van der Waals surface area contributed by atoms with Gasteiger partial charge in [-0.25, -0.2) is 4.79 Å². The molecule has 2 amide bonds. The van der Waals surface area contributed by atoms with E-state index in [1.165, 1.54) is 25.3 Å². The number of rotatable bonds is 7. The molecule has 0 fully saturated rings. The lowest BCUT2D eigenvalue weighted by Crippen LogP contribution is -2.49. The SMILES string of the molecule is Cc1oc(CNC(=O)C(NC(=O)c2ccco2)C(C)C)cc1C(=O)O. The van der Waals surface area contributed by atoms with Crippen molar-refractivity contribution in [1.82, 2.24) is 10.6 Å². The highest BCUT2D eigenvalue weighted by Crippen LogP contribution is 2.14. The minimum absolute atomic E-state index is 0.0206. The van der Waals surface area contributed by atoms with Crippen LogP contribution in [0.25, 0.3) is 0 Å². The minimum atomic E-state index is -1.09. The summed E-state index contributed by atoms with van der Waals surface area (Å²) < 4.78 is 10.3. The van der Waals surface area contributed by atoms with Crippen molar-refractivity contribution in [1.29, 1.82) is 0 Å². The molecule has 134 valence electrons. The number of nitrogens with one attached hydrogen (secondary N) is 2. The fourth-order valence-corrected chi connectivity index (χ4v) is 2.28. The van der Waals surface area contributed by atoms with Gasteiger partial charge in [0.2, 0.25) is 5.91 Å². The first-order valence-corrected chi connectivity index (χ1v) is 7.74. The van der Waals surface area contributed by atoms with Gasteiger partial charge in [0.15, 0.2) is 5.76 Å². The van der Waals surface area contributed by atoms with Crippen LogP contribution >= 0.6 is 0 Å². The third-order valence-electron chi connectivity index (χ3n) is 3.62. The lowest BCUT2D eigenvalue weighted by atomic mass is 10.0. The van der Waals surface area contributed by atoms with Crippen molar-refractivity contribution in [3.63, 3.8) is 0 Å². The van der Waals surface area contributed by atoms with Crippen molar-refractivity contribution in [2.75, 3.05) is 0 Å². The zero-order valence-electron chi connectivity index (χ0n) is 14.2. The lowest BCUT2D eigenvalue weighted by molar-refractivity contribution is -0.124. The summed E-state index contributed by atoms with van der Waals surface area (Å²) in [5, 5.41) is 14.3. The predicted molar refractivity (Wildman–Crippen MR) is 87.1 cm³/mol. The maximum atomic E-state index is 12.4. The summed E-state index contributed by atoms with van der Waals surface area (Å²) in [6.07, 6.45) is 1.37. The number of furan rings is 2. The van der Waals surface area contributed by atoms with E-state index in [2.05, 4.69) is 10.6 Å². The van der Waals surface area contributed by atoms with Crippen LogP contribution in [0.5, 0.6) is 0 Å². The Kier molecular flexibility index (Phi) is 5.63. The number of carboxylic acid groups (broad SMARTS) is 1. The maximum absolute atomic E-state index is 12.4. The summed E-state index contributed by atoms with van der Waals surface area (Å²) in [5.74, 6) is -1.43. The molecule has 2 heterocycles. The molecule has 0 aromatic carbocycles. The largest absolute Gasteiger partial charge is 0.478 e. The molecule has 0 radical (unpaired) electrons. The Hall–Kier alpha value is -3.03. The van der Waals surface area contributed by atoms with Crippen molar-refractivity contribution in [2.45, 2.75) is 33.4 Å². The predicted octanol–water partition coefficient (Wildman–Crippen LogP) is 1.95. The molecule has 1 atom stereocenters. The standard InChI is InChI=1S/C17H20N2O6/c1-9(2)14(19-15(20)13-5-4-6-24-13)16(21)18-8-11-7-12(17(22)23)10(3)25-11/h4-7,9,14H,8H2,1-3H3,(H,18,21)(H,19,20)(H,22,23). The first kappa shape index (κ1) is 18.3.